The van der Waals surface area contributed by atoms with Gasteiger partial charge in [-0.25, -0.2) is 0 Å². The Morgan fingerprint density at radius 2 is 2.17 bits per heavy atom. The number of carbonyl (C=O) groups excluding carboxylic acids is 1. The van der Waals surface area contributed by atoms with E-state index >= 15 is 0 Å². The average molecular weight is 258 g/mol. The molecule has 1 aliphatic heterocycles. The Kier molecular flexibility index (Phi) is 6.09. The summed E-state index contributed by atoms with van der Waals surface area (Å²) in [6.07, 6.45) is 3.69. The van der Waals surface area contributed by atoms with Gasteiger partial charge in [-0.05, 0) is 46.5 Å². The summed E-state index contributed by atoms with van der Waals surface area (Å²) in [7, 11) is 0. The topological polar surface area (TPSA) is 44.8 Å². The zero-order valence-electron chi connectivity index (χ0n) is 12.0. The average Bonchev–Trinajstić information content (AvgIpc) is 2.37. The summed E-state index contributed by atoms with van der Waals surface area (Å²) in [5, 5.41) is 0. The van der Waals surface area contributed by atoms with Crippen LogP contribution in [0.15, 0.2) is 0 Å². The van der Waals surface area contributed by atoms with Crippen LogP contribution < -0.4 is 0 Å². The van der Waals surface area contributed by atoms with Crippen molar-refractivity contribution in [2.75, 3.05) is 13.2 Å². The fraction of sp³-hybridized carbons (Fsp3) is 0.929. The molecule has 0 bridgehead atoms. The van der Waals surface area contributed by atoms with E-state index in [2.05, 4.69) is 0 Å². The van der Waals surface area contributed by atoms with Crippen LogP contribution >= 0.6 is 0 Å². The molecule has 2 unspecified atom stereocenters. The van der Waals surface area contributed by atoms with Crippen LogP contribution in [-0.2, 0) is 19.0 Å². The van der Waals surface area contributed by atoms with Gasteiger partial charge in [-0.2, -0.15) is 0 Å². The van der Waals surface area contributed by atoms with Crippen molar-refractivity contribution in [1.82, 2.24) is 0 Å². The number of esters is 1. The highest BCUT2D eigenvalue weighted by Gasteiger charge is 2.28. The Labute approximate surface area is 110 Å². The molecule has 1 saturated heterocycles. The zero-order chi connectivity index (χ0) is 13.6. The van der Waals surface area contributed by atoms with E-state index in [1.807, 2.05) is 27.7 Å². The predicted molar refractivity (Wildman–Crippen MR) is 69.2 cm³/mol. The first-order chi connectivity index (χ1) is 8.45. The highest BCUT2D eigenvalue weighted by Crippen LogP contribution is 2.22. The normalized spacial score (nSPS) is 22.6. The summed E-state index contributed by atoms with van der Waals surface area (Å²) >= 11 is 0. The van der Waals surface area contributed by atoms with E-state index in [4.69, 9.17) is 14.2 Å². The van der Waals surface area contributed by atoms with Gasteiger partial charge in [-0.1, -0.05) is 6.92 Å². The number of rotatable bonds is 6. The largest absolute Gasteiger partial charge is 0.463 e. The van der Waals surface area contributed by atoms with Crippen LogP contribution in [0, 0.1) is 5.41 Å². The molecule has 1 rings (SSSR count). The third kappa shape index (κ3) is 4.94. The fourth-order valence-electron chi connectivity index (χ4n) is 1.65. The molecule has 0 aliphatic carbocycles. The number of hydrogen-bond acceptors (Lipinski definition) is 4. The highest BCUT2D eigenvalue weighted by molar-refractivity contribution is 5.75. The lowest BCUT2D eigenvalue weighted by atomic mass is 9.91. The SMILES string of the molecule is CCC(C)(C)C(=O)OCC(C)OC1CCCCO1. The quantitative estimate of drug-likeness (QED) is 0.687. The molecule has 0 aromatic rings. The van der Waals surface area contributed by atoms with E-state index in [-0.39, 0.29) is 18.4 Å². The fourth-order valence-corrected chi connectivity index (χ4v) is 1.65. The molecule has 0 radical (unpaired) electrons. The van der Waals surface area contributed by atoms with Gasteiger partial charge in [-0.3, -0.25) is 4.79 Å². The molecule has 0 saturated carbocycles. The maximum atomic E-state index is 11.8. The molecule has 4 nitrogen and oxygen atoms in total. The molecule has 0 aromatic heterocycles. The van der Waals surface area contributed by atoms with Gasteiger partial charge in [-0.15, -0.1) is 0 Å². The van der Waals surface area contributed by atoms with Crippen molar-refractivity contribution < 1.29 is 19.0 Å². The number of carbonyl (C=O) groups is 1. The summed E-state index contributed by atoms with van der Waals surface area (Å²) in [5.41, 5.74) is -0.416. The standard InChI is InChI=1S/C14H26O4/c1-5-14(3,4)13(15)17-10-11(2)18-12-8-6-7-9-16-12/h11-12H,5-10H2,1-4H3. The van der Waals surface area contributed by atoms with Crippen molar-refractivity contribution in [1.29, 1.82) is 0 Å². The van der Waals surface area contributed by atoms with Crippen LogP contribution in [0.3, 0.4) is 0 Å². The van der Waals surface area contributed by atoms with Gasteiger partial charge in [0.2, 0.25) is 0 Å². The summed E-state index contributed by atoms with van der Waals surface area (Å²) in [4.78, 5) is 11.8. The highest BCUT2D eigenvalue weighted by atomic mass is 16.7. The molecule has 18 heavy (non-hydrogen) atoms. The second-order valence-corrected chi connectivity index (χ2v) is 5.58. The number of hydrogen-bond donors (Lipinski definition) is 0. The Hall–Kier alpha value is -0.610. The Morgan fingerprint density at radius 1 is 1.44 bits per heavy atom. The van der Waals surface area contributed by atoms with E-state index in [0.717, 1.165) is 32.3 Å². The third-order valence-electron chi connectivity index (χ3n) is 3.41. The Morgan fingerprint density at radius 3 is 2.72 bits per heavy atom. The molecule has 1 fully saturated rings. The summed E-state index contributed by atoms with van der Waals surface area (Å²) in [5.74, 6) is -0.162. The van der Waals surface area contributed by atoms with E-state index in [0.29, 0.717) is 6.61 Å². The molecule has 0 N–H and O–H groups in total. The lowest BCUT2D eigenvalue weighted by Gasteiger charge is -2.27. The van der Waals surface area contributed by atoms with E-state index < -0.39 is 5.41 Å². The van der Waals surface area contributed by atoms with Crippen molar-refractivity contribution >= 4 is 5.97 Å². The molecule has 4 heteroatoms. The second kappa shape index (κ2) is 7.10. The summed E-state index contributed by atoms with van der Waals surface area (Å²) in [6.45, 7) is 8.74. The molecule has 0 aromatic carbocycles. The molecule has 106 valence electrons. The molecule has 0 spiro atoms. The lowest BCUT2D eigenvalue weighted by Crippen LogP contribution is -2.32. The van der Waals surface area contributed by atoms with Gasteiger partial charge in [0.15, 0.2) is 6.29 Å². The zero-order valence-corrected chi connectivity index (χ0v) is 12.0. The minimum Gasteiger partial charge on any atom is -0.463 e. The van der Waals surface area contributed by atoms with Crippen molar-refractivity contribution in [3.05, 3.63) is 0 Å². The van der Waals surface area contributed by atoms with E-state index in [1.165, 1.54) is 0 Å². The van der Waals surface area contributed by atoms with Crippen LogP contribution in [0.1, 0.15) is 53.4 Å². The van der Waals surface area contributed by atoms with Gasteiger partial charge < -0.3 is 14.2 Å². The van der Waals surface area contributed by atoms with Gasteiger partial charge in [0.25, 0.3) is 0 Å². The Bertz CT molecular complexity index is 257. The third-order valence-corrected chi connectivity index (χ3v) is 3.41. The van der Waals surface area contributed by atoms with Gasteiger partial charge in [0.05, 0.1) is 11.5 Å². The van der Waals surface area contributed by atoms with E-state index in [9.17, 15) is 4.79 Å². The van der Waals surface area contributed by atoms with Crippen molar-refractivity contribution in [3.8, 4) is 0 Å². The molecular weight excluding hydrogens is 232 g/mol. The molecular formula is C14H26O4. The Balaban J connectivity index is 2.23. The van der Waals surface area contributed by atoms with Crippen molar-refractivity contribution in [2.24, 2.45) is 5.41 Å². The molecule has 0 amide bonds. The van der Waals surface area contributed by atoms with Crippen LogP contribution in [0.4, 0.5) is 0 Å². The minimum atomic E-state index is -0.416. The summed E-state index contributed by atoms with van der Waals surface area (Å²) in [6, 6.07) is 0. The molecule has 1 aliphatic rings. The number of ether oxygens (including phenoxy) is 3. The van der Waals surface area contributed by atoms with Crippen LogP contribution in [0.25, 0.3) is 0 Å². The van der Waals surface area contributed by atoms with Crippen LogP contribution in [0.5, 0.6) is 0 Å². The van der Waals surface area contributed by atoms with Crippen LogP contribution in [-0.4, -0.2) is 31.6 Å². The summed E-state index contributed by atoms with van der Waals surface area (Å²) < 4.78 is 16.5. The van der Waals surface area contributed by atoms with Crippen molar-refractivity contribution in [3.63, 3.8) is 0 Å². The molecule has 2 atom stereocenters. The lowest BCUT2D eigenvalue weighted by molar-refractivity contribution is -0.197. The first kappa shape index (κ1) is 15.4. The molecule has 1 heterocycles. The van der Waals surface area contributed by atoms with Crippen LogP contribution in [0.2, 0.25) is 0 Å². The maximum Gasteiger partial charge on any atom is 0.311 e. The first-order valence-corrected chi connectivity index (χ1v) is 6.90. The minimum absolute atomic E-state index is 0.121. The smallest absolute Gasteiger partial charge is 0.311 e. The monoisotopic (exact) mass is 258 g/mol. The van der Waals surface area contributed by atoms with Crippen molar-refractivity contribution in [2.45, 2.75) is 65.8 Å². The van der Waals surface area contributed by atoms with E-state index in [1.54, 1.807) is 0 Å². The van der Waals surface area contributed by atoms with Gasteiger partial charge in [0.1, 0.15) is 6.61 Å². The van der Waals surface area contributed by atoms with Gasteiger partial charge >= 0.3 is 5.97 Å². The predicted octanol–water partition coefficient (Wildman–Crippen LogP) is 2.90. The first-order valence-electron chi connectivity index (χ1n) is 6.90. The second-order valence-electron chi connectivity index (χ2n) is 5.58. The maximum absolute atomic E-state index is 11.8. The van der Waals surface area contributed by atoms with Gasteiger partial charge in [0, 0.05) is 6.61 Å².